The molecule has 0 aromatic heterocycles. The highest BCUT2D eigenvalue weighted by atomic mass is 16.3. The van der Waals surface area contributed by atoms with Crippen molar-refractivity contribution in [2.24, 2.45) is 0 Å². The lowest BCUT2D eigenvalue weighted by Gasteiger charge is -2.41. The number of piperazine rings is 1. The van der Waals surface area contributed by atoms with Gasteiger partial charge in [-0.15, -0.1) is 0 Å². The number of aromatic hydroxyl groups is 1. The van der Waals surface area contributed by atoms with Gasteiger partial charge < -0.3 is 14.9 Å². The third-order valence-corrected chi connectivity index (χ3v) is 4.75. The Morgan fingerprint density at radius 2 is 1.90 bits per heavy atom. The minimum absolute atomic E-state index is 0.360. The first-order valence-electron chi connectivity index (χ1n) is 7.57. The summed E-state index contributed by atoms with van der Waals surface area (Å²) in [4.78, 5) is 4.92. The van der Waals surface area contributed by atoms with Crippen molar-refractivity contribution in [3.63, 3.8) is 0 Å². The predicted octanol–water partition coefficient (Wildman–Crippen LogP) is 2.79. The number of hydrogen-bond acceptors (Lipinski definition) is 3. The third kappa shape index (κ3) is 2.09. The smallest absolute Gasteiger partial charge is 0.116 e. The van der Waals surface area contributed by atoms with Crippen LogP contribution in [0.5, 0.6) is 5.75 Å². The summed E-state index contributed by atoms with van der Waals surface area (Å²) in [5.41, 5.74) is 5.32. The third-order valence-electron chi connectivity index (χ3n) is 4.75. The summed E-state index contributed by atoms with van der Waals surface area (Å²) in [6.07, 6.45) is 0.899. The lowest BCUT2D eigenvalue weighted by Crippen LogP contribution is -2.46. The Kier molecular flexibility index (Phi) is 2.89. The molecule has 0 radical (unpaired) electrons. The molecule has 1 atom stereocenters. The zero-order valence-corrected chi connectivity index (χ0v) is 12.3. The zero-order valence-electron chi connectivity index (χ0n) is 12.3. The van der Waals surface area contributed by atoms with Crippen molar-refractivity contribution in [1.29, 1.82) is 0 Å². The molecule has 2 aliphatic rings. The molecule has 2 aliphatic heterocycles. The van der Waals surface area contributed by atoms with Crippen LogP contribution in [0.4, 0.5) is 5.69 Å². The summed E-state index contributed by atoms with van der Waals surface area (Å²) >= 11 is 0. The fourth-order valence-corrected chi connectivity index (χ4v) is 3.69. The van der Waals surface area contributed by atoms with Gasteiger partial charge in [0.2, 0.25) is 0 Å². The number of rotatable bonds is 0. The Morgan fingerprint density at radius 1 is 1.05 bits per heavy atom. The summed E-state index contributed by atoms with van der Waals surface area (Å²) in [7, 11) is 2.20. The fourth-order valence-electron chi connectivity index (χ4n) is 3.69. The molecule has 0 unspecified atom stereocenters. The molecule has 108 valence electrons. The van der Waals surface area contributed by atoms with Gasteiger partial charge in [-0.2, -0.15) is 0 Å². The summed E-state index contributed by atoms with van der Waals surface area (Å²) in [5, 5.41) is 9.84. The molecule has 1 saturated heterocycles. The van der Waals surface area contributed by atoms with Crippen LogP contribution in [0, 0.1) is 0 Å². The first-order valence-corrected chi connectivity index (χ1v) is 7.57. The van der Waals surface area contributed by atoms with Gasteiger partial charge in [0.05, 0.1) is 6.04 Å². The number of fused-ring (bicyclic) bond motifs is 5. The van der Waals surface area contributed by atoms with Gasteiger partial charge in [-0.25, -0.2) is 0 Å². The lowest BCUT2D eigenvalue weighted by atomic mass is 9.96. The molecular weight excluding hydrogens is 260 g/mol. The molecular formula is C18H20N2O. The predicted molar refractivity (Wildman–Crippen MR) is 84.9 cm³/mol. The molecule has 2 heterocycles. The maximum Gasteiger partial charge on any atom is 0.116 e. The average molecular weight is 280 g/mol. The van der Waals surface area contributed by atoms with Crippen molar-refractivity contribution in [2.75, 3.05) is 31.6 Å². The molecule has 0 amide bonds. The molecule has 21 heavy (non-hydrogen) atoms. The second-order valence-electron chi connectivity index (χ2n) is 6.16. The Hall–Kier alpha value is -2.00. The first kappa shape index (κ1) is 12.7. The molecule has 3 heteroatoms. The van der Waals surface area contributed by atoms with E-state index in [1.807, 2.05) is 12.1 Å². The van der Waals surface area contributed by atoms with E-state index in [4.69, 9.17) is 0 Å². The standard InChI is InChI=1S/C18H20N2O/c1-19-8-9-20-17-7-6-15(21)11-14(17)10-13-4-2-3-5-16(13)18(20)12-19/h2-7,11,18,21H,8-10,12H2,1H3/t18-/m0/s1. The van der Waals surface area contributed by atoms with Crippen LogP contribution in [-0.2, 0) is 6.42 Å². The summed E-state index contributed by atoms with van der Waals surface area (Å²) in [5.74, 6) is 0.360. The van der Waals surface area contributed by atoms with E-state index >= 15 is 0 Å². The average Bonchev–Trinajstić information content (AvgIpc) is 2.61. The van der Waals surface area contributed by atoms with Gasteiger partial charge in [-0.3, -0.25) is 0 Å². The lowest BCUT2D eigenvalue weighted by molar-refractivity contribution is 0.269. The van der Waals surface area contributed by atoms with Crippen molar-refractivity contribution in [2.45, 2.75) is 12.5 Å². The van der Waals surface area contributed by atoms with Crippen LogP contribution < -0.4 is 4.90 Å². The van der Waals surface area contributed by atoms with E-state index in [9.17, 15) is 5.11 Å². The minimum atomic E-state index is 0.360. The van der Waals surface area contributed by atoms with E-state index in [0.717, 1.165) is 26.1 Å². The molecule has 0 aliphatic carbocycles. The Bertz CT molecular complexity index is 683. The molecule has 3 nitrogen and oxygen atoms in total. The van der Waals surface area contributed by atoms with Crippen molar-refractivity contribution in [3.05, 3.63) is 59.2 Å². The normalized spacial score (nSPS) is 21.2. The van der Waals surface area contributed by atoms with Crippen LogP contribution in [0.1, 0.15) is 22.7 Å². The van der Waals surface area contributed by atoms with Crippen molar-refractivity contribution in [1.82, 2.24) is 4.90 Å². The van der Waals surface area contributed by atoms with Gasteiger partial charge >= 0.3 is 0 Å². The van der Waals surface area contributed by atoms with Crippen LogP contribution in [0.3, 0.4) is 0 Å². The number of likely N-dealkylation sites (N-methyl/N-ethyl adjacent to an activating group) is 1. The zero-order chi connectivity index (χ0) is 14.4. The van der Waals surface area contributed by atoms with Gasteiger partial charge in [0.15, 0.2) is 0 Å². The molecule has 2 aromatic rings. The highest BCUT2D eigenvalue weighted by molar-refractivity contribution is 5.62. The highest BCUT2D eigenvalue weighted by Gasteiger charge is 2.32. The highest BCUT2D eigenvalue weighted by Crippen LogP contribution is 2.39. The Balaban J connectivity index is 1.90. The van der Waals surface area contributed by atoms with Crippen LogP contribution >= 0.6 is 0 Å². The number of hydrogen-bond donors (Lipinski definition) is 1. The van der Waals surface area contributed by atoms with E-state index in [1.165, 1.54) is 22.4 Å². The summed E-state index contributed by atoms with van der Waals surface area (Å²) in [6, 6.07) is 15.0. The van der Waals surface area contributed by atoms with E-state index in [1.54, 1.807) is 0 Å². The van der Waals surface area contributed by atoms with E-state index in [0.29, 0.717) is 11.8 Å². The number of phenolic OH excluding ortho intramolecular Hbond substituents is 1. The van der Waals surface area contributed by atoms with Crippen LogP contribution in [0.25, 0.3) is 0 Å². The van der Waals surface area contributed by atoms with Gasteiger partial charge in [-0.05, 0) is 48.4 Å². The summed E-state index contributed by atoms with van der Waals surface area (Å²) < 4.78 is 0. The van der Waals surface area contributed by atoms with E-state index in [-0.39, 0.29) is 0 Å². The minimum Gasteiger partial charge on any atom is -0.508 e. The number of benzene rings is 2. The molecule has 1 N–H and O–H groups in total. The SMILES string of the molecule is CN1CCN2c3ccc(O)cc3Cc3ccccc3[C@@H]2C1. The maximum absolute atomic E-state index is 9.84. The van der Waals surface area contributed by atoms with Crippen molar-refractivity contribution in [3.8, 4) is 5.75 Å². The monoisotopic (exact) mass is 280 g/mol. The van der Waals surface area contributed by atoms with Gasteiger partial charge in [0.25, 0.3) is 0 Å². The van der Waals surface area contributed by atoms with Crippen molar-refractivity contribution < 1.29 is 5.11 Å². The maximum atomic E-state index is 9.84. The Morgan fingerprint density at radius 3 is 2.81 bits per heavy atom. The molecule has 0 bridgehead atoms. The second-order valence-corrected chi connectivity index (χ2v) is 6.16. The van der Waals surface area contributed by atoms with E-state index in [2.05, 4.69) is 47.2 Å². The number of phenols is 1. The van der Waals surface area contributed by atoms with Crippen LogP contribution in [-0.4, -0.2) is 36.7 Å². The number of anilines is 1. The first-order chi connectivity index (χ1) is 10.2. The molecule has 1 fully saturated rings. The molecule has 0 saturated carbocycles. The van der Waals surface area contributed by atoms with E-state index < -0.39 is 0 Å². The second kappa shape index (κ2) is 4.78. The number of nitrogens with zero attached hydrogens (tertiary/aromatic N) is 2. The molecule has 4 rings (SSSR count). The topological polar surface area (TPSA) is 26.7 Å². The van der Waals surface area contributed by atoms with Crippen molar-refractivity contribution >= 4 is 5.69 Å². The molecule has 2 aromatic carbocycles. The molecule has 0 spiro atoms. The summed E-state index contributed by atoms with van der Waals surface area (Å²) in [6.45, 7) is 3.17. The fraction of sp³-hybridized carbons (Fsp3) is 0.333. The van der Waals surface area contributed by atoms with Gasteiger partial charge in [0, 0.05) is 25.3 Å². The van der Waals surface area contributed by atoms with Crippen LogP contribution in [0.2, 0.25) is 0 Å². The van der Waals surface area contributed by atoms with Crippen LogP contribution in [0.15, 0.2) is 42.5 Å². The van der Waals surface area contributed by atoms with Gasteiger partial charge in [-0.1, -0.05) is 24.3 Å². The van der Waals surface area contributed by atoms with Gasteiger partial charge in [0.1, 0.15) is 5.75 Å². The quantitative estimate of drug-likeness (QED) is 0.804. The largest absolute Gasteiger partial charge is 0.508 e. The Labute approximate surface area is 125 Å².